The standard InChI is InChI=1S/C14H20O2/c1-4-5-9-14(15)16-12(3)13-8-6-7-11(2)10-13/h6-8,10,12H,4-5,9H2,1-3H3/t12-/m1/s1. The van der Waals surface area contributed by atoms with E-state index in [1.54, 1.807) is 0 Å². The van der Waals surface area contributed by atoms with Crippen LogP contribution in [0, 0.1) is 6.92 Å². The first-order valence-corrected chi connectivity index (χ1v) is 5.89. The van der Waals surface area contributed by atoms with Crippen LogP contribution >= 0.6 is 0 Å². The van der Waals surface area contributed by atoms with Crippen molar-refractivity contribution in [3.63, 3.8) is 0 Å². The number of hydrogen-bond acceptors (Lipinski definition) is 2. The summed E-state index contributed by atoms with van der Waals surface area (Å²) >= 11 is 0. The predicted octanol–water partition coefficient (Wildman–Crippen LogP) is 3.79. The number of unbranched alkanes of at least 4 members (excludes halogenated alkanes) is 1. The minimum Gasteiger partial charge on any atom is -0.458 e. The average molecular weight is 220 g/mol. The van der Waals surface area contributed by atoms with Crippen molar-refractivity contribution < 1.29 is 9.53 Å². The highest BCUT2D eigenvalue weighted by Gasteiger charge is 2.10. The second kappa shape index (κ2) is 6.31. The van der Waals surface area contributed by atoms with Crippen LogP contribution in [0.2, 0.25) is 0 Å². The summed E-state index contributed by atoms with van der Waals surface area (Å²) < 4.78 is 5.35. The molecule has 0 saturated carbocycles. The molecule has 0 saturated heterocycles. The summed E-state index contributed by atoms with van der Waals surface area (Å²) in [7, 11) is 0. The number of hydrogen-bond donors (Lipinski definition) is 0. The fourth-order valence-electron chi connectivity index (χ4n) is 1.57. The van der Waals surface area contributed by atoms with E-state index < -0.39 is 0 Å². The van der Waals surface area contributed by atoms with Gasteiger partial charge in [0.05, 0.1) is 0 Å². The SMILES string of the molecule is CCCCC(=O)O[C@H](C)c1cccc(C)c1. The number of benzene rings is 1. The molecule has 88 valence electrons. The van der Waals surface area contributed by atoms with Crippen LogP contribution in [0.4, 0.5) is 0 Å². The molecule has 0 aliphatic heterocycles. The van der Waals surface area contributed by atoms with E-state index in [0.29, 0.717) is 6.42 Å². The first-order valence-electron chi connectivity index (χ1n) is 5.89. The molecule has 0 bridgehead atoms. The van der Waals surface area contributed by atoms with Gasteiger partial charge in [-0.15, -0.1) is 0 Å². The Morgan fingerprint density at radius 3 is 2.81 bits per heavy atom. The van der Waals surface area contributed by atoms with Crippen molar-refractivity contribution in [2.45, 2.75) is 46.1 Å². The van der Waals surface area contributed by atoms with Gasteiger partial charge in [-0.3, -0.25) is 4.79 Å². The number of rotatable bonds is 5. The summed E-state index contributed by atoms with van der Waals surface area (Å²) in [6, 6.07) is 8.07. The third-order valence-electron chi connectivity index (χ3n) is 2.55. The molecule has 2 nitrogen and oxygen atoms in total. The molecular formula is C14H20O2. The minimum atomic E-state index is -0.149. The lowest BCUT2D eigenvalue weighted by Gasteiger charge is -2.13. The Morgan fingerprint density at radius 1 is 1.44 bits per heavy atom. The molecule has 1 aromatic rings. The zero-order chi connectivity index (χ0) is 12.0. The Kier molecular flexibility index (Phi) is 5.03. The monoisotopic (exact) mass is 220 g/mol. The Labute approximate surface area is 97.6 Å². The van der Waals surface area contributed by atoms with Crippen LogP contribution in [-0.2, 0) is 9.53 Å². The van der Waals surface area contributed by atoms with Crippen LogP contribution in [0.15, 0.2) is 24.3 Å². The van der Waals surface area contributed by atoms with Gasteiger partial charge >= 0.3 is 5.97 Å². The summed E-state index contributed by atoms with van der Waals surface area (Å²) in [5.74, 6) is -0.101. The zero-order valence-electron chi connectivity index (χ0n) is 10.3. The lowest BCUT2D eigenvalue weighted by Crippen LogP contribution is -2.08. The van der Waals surface area contributed by atoms with Crippen molar-refractivity contribution in [1.82, 2.24) is 0 Å². The number of carbonyl (C=O) groups is 1. The quantitative estimate of drug-likeness (QED) is 0.706. The molecular weight excluding hydrogens is 200 g/mol. The van der Waals surface area contributed by atoms with Gasteiger partial charge in [-0.2, -0.15) is 0 Å². The number of carbonyl (C=O) groups excluding carboxylic acids is 1. The Balaban J connectivity index is 2.52. The van der Waals surface area contributed by atoms with Gasteiger partial charge in [-0.05, 0) is 25.8 Å². The van der Waals surface area contributed by atoms with E-state index in [9.17, 15) is 4.79 Å². The van der Waals surface area contributed by atoms with E-state index in [2.05, 4.69) is 13.0 Å². The van der Waals surface area contributed by atoms with Gasteiger partial charge in [0.15, 0.2) is 0 Å². The number of esters is 1. The van der Waals surface area contributed by atoms with E-state index in [0.717, 1.165) is 18.4 Å². The maximum Gasteiger partial charge on any atom is 0.306 e. The molecule has 1 atom stereocenters. The van der Waals surface area contributed by atoms with Crippen LogP contribution < -0.4 is 0 Å². The first kappa shape index (κ1) is 12.8. The van der Waals surface area contributed by atoms with E-state index in [4.69, 9.17) is 4.74 Å². The predicted molar refractivity (Wildman–Crippen MR) is 65.2 cm³/mol. The minimum absolute atomic E-state index is 0.101. The Bertz CT molecular complexity index is 344. The number of aryl methyl sites for hydroxylation is 1. The molecule has 0 amide bonds. The molecule has 0 unspecified atom stereocenters. The normalized spacial score (nSPS) is 12.2. The zero-order valence-corrected chi connectivity index (χ0v) is 10.3. The lowest BCUT2D eigenvalue weighted by atomic mass is 10.1. The van der Waals surface area contributed by atoms with E-state index in [1.807, 2.05) is 32.0 Å². The first-order chi connectivity index (χ1) is 7.63. The molecule has 0 N–H and O–H groups in total. The Morgan fingerprint density at radius 2 is 2.19 bits per heavy atom. The molecule has 0 fully saturated rings. The molecule has 0 aliphatic rings. The molecule has 0 aromatic heterocycles. The third-order valence-corrected chi connectivity index (χ3v) is 2.55. The largest absolute Gasteiger partial charge is 0.458 e. The second-order valence-electron chi connectivity index (χ2n) is 4.15. The third kappa shape index (κ3) is 4.05. The summed E-state index contributed by atoms with van der Waals surface area (Å²) in [5.41, 5.74) is 2.25. The number of ether oxygens (including phenoxy) is 1. The summed E-state index contributed by atoms with van der Waals surface area (Å²) in [6.07, 6.45) is 2.30. The second-order valence-corrected chi connectivity index (χ2v) is 4.15. The molecule has 0 radical (unpaired) electrons. The van der Waals surface area contributed by atoms with Crippen LogP contribution in [0.5, 0.6) is 0 Å². The highest BCUT2D eigenvalue weighted by Crippen LogP contribution is 2.18. The van der Waals surface area contributed by atoms with Crippen LogP contribution in [-0.4, -0.2) is 5.97 Å². The van der Waals surface area contributed by atoms with Gasteiger partial charge in [0.25, 0.3) is 0 Å². The van der Waals surface area contributed by atoms with Gasteiger partial charge < -0.3 is 4.74 Å². The highest BCUT2D eigenvalue weighted by molar-refractivity contribution is 5.69. The fourth-order valence-corrected chi connectivity index (χ4v) is 1.57. The summed E-state index contributed by atoms with van der Waals surface area (Å²) in [5, 5.41) is 0. The molecule has 0 aliphatic carbocycles. The molecule has 1 aromatic carbocycles. The maximum absolute atomic E-state index is 11.4. The van der Waals surface area contributed by atoms with Gasteiger partial charge in [-0.1, -0.05) is 43.2 Å². The van der Waals surface area contributed by atoms with Crippen molar-refractivity contribution >= 4 is 5.97 Å². The van der Waals surface area contributed by atoms with Gasteiger partial charge in [0, 0.05) is 6.42 Å². The fraction of sp³-hybridized carbons (Fsp3) is 0.500. The van der Waals surface area contributed by atoms with Crippen LogP contribution in [0.1, 0.15) is 50.3 Å². The molecule has 2 heteroatoms. The smallest absolute Gasteiger partial charge is 0.306 e. The van der Waals surface area contributed by atoms with Crippen molar-refractivity contribution in [2.24, 2.45) is 0 Å². The molecule has 0 heterocycles. The lowest BCUT2D eigenvalue weighted by molar-refractivity contribution is -0.148. The van der Waals surface area contributed by atoms with Crippen molar-refractivity contribution in [2.75, 3.05) is 0 Å². The topological polar surface area (TPSA) is 26.3 Å². The average Bonchev–Trinajstić information content (AvgIpc) is 2.26. The van der Waals surface area contributed by atoms with Crippen LogP contribution in [0.3, 0.4) is 0 Å². The highest BCUT2D eigenvalue weighted by atomic mass is 16.5. The van der Waals surface area contributed by atoms with Gasteiger partial charge in [0.2, 0.25) is 0 Å². The van der Waals surface area contributed by atoms with Crippen molar-refractivity contribution in [1.29, 1.82) is 0 Å². The Hall–Kier alpha value is -1.31. The van der Waals surface area contributed by atoms with E-state index in [-0.39, 0.29) is 12.1 Å². The van der Waals surface area contributed by atoms with Crippen LogP contribution in [0.25, 0.3) is 0 Å². The van der Waals surface area contributed by atoms with Gasteiger partial charge in [-0.25, -0.2) is 0 Å². The van der Waals surface area contributed by atoms with E-state index >= 15 is 0 Å². The van der Waals surface area contributed by atoms with E-state index in [1.165, 1.54) is 5.56 Å². The van der Waals surface area contributed by atoms with Crippen molar-refractivity contribution in [3.8, 4) is 0 Å². The van der Waals surface area contributed by atoms with Gasteiger partial charge in [0.1, 0.15) is 6.10 Å². The molecule has 0 spiro atoms. The summed E-state index contributed by atoms with van der Waals surface area (Å²) in [4.78, 5) is 11.4. The maximum atomic E-state index is 11.4. The van der Waals surface area contributed by atoms with Crippen molar-refractivity contribution in [3.05, 3.63) is 35.4 Å². The molecule has 1 rings (SSSR count). The summed E-state index contributed by atoms with van der Waals surface area (Å²) in [6.45, 7) is 6.02. The molecule has 16 heavy (non-hydrogen) atoms.